The highest BCUT2D eigenvalue weighted by atomic mass is 32.9. The van der Waals surface area contributed by atoms with E-state index in [1.807, 2.05) is 24.3 Å². The van der Waals surface area contributed by atoms with E-state index in [2.05, 4.69) is 20.8 Å². The number of ether oxygens (including phenoxy) is 1. The lowest BCUT2D eigenvalue weighted by Gasteiger charge is -2.39. The van der Waals surface area contributed by atoms with Crippen LogP contribution < -0.4 is 10.0 Å². The molecule has 1 unspecified atom stereocenters. The largest absolute Gasteiger partial charge is 0.497 e. The molecular formula is C17H27O2PS2. The van der Waals surface area contributed by atoms with Gasteiger partial charge in [0, 0.05) is 5.30 Å². The molecule has 5 heteroatoms. The van der Waals surface area contributed by atoms with Gasteiger partial charge in [0.1, 0.15) is 11.2 Å². The normalized spacial score (nSPS) is 28.4. The van der Waals surface area contributed by atoms with E-state index in [0.717, 1.165) is 17.5 Å². The maximum Gasteiger partial charge on any atom is 0.145 e. The van der Waals surface area contributed by atoms with E-state index in [1.54, 1.807) is 7.11 Å². The molecule has 2 nitrogen and oxygen atoms in total. The average molecular weight is 359 g/mol. The average Bonchev–Trinajstić information content (AvgIpc) is 2.46. The molecule has 1 fully saturated rings. The Morgan fingerprint density at radius 2 is 1.86 bits per heavy atom. The van der Waals surface area contributed by atoms with Gasteiger partial charge in [-0.15, -0.1) is 12.2 Å². The van der Waals surface area contributed by atoms with E-state index in [-0.39, 0.29) is 6.10 Å². The molecule has 124 valence electrons. The highest BCUT2D eigenvalue weighted by Crippen LogP contribution is 2.55. The first-order valence-electron chi connectivity index (χ1n) is 7.99. The molecule has 0 radical (unpaired) electrons. The predicted molar refractivity (Wildman–Crippen MR) is 102 cm³/mol. The Morgan fingerprint density at radius 3 is 2.41 bits per heavy atom. The monoisotopic (exact) mass is 358 g/mol. The summed E-state index contributed by atoms with van der Waals surface area (Å²) in [5.74, 6) is 2.75. The van der Waals surface area contributed by atoms with Crippen molar-refractivity contribution in [3.05, 3.63) is 24.3 Å². The Hall–Kier alpha value is -0.0200. The molecular weight excluding hydrogens is 331 g/mol. The molecule has 0 aromatic heterocycles. The summed E-state index contributed by atoms with van der Waals surface area (Å²) in [5.41, 5.74) is -2.28. The lowest BCUT2D eigenvalue weighted by atomic mass is 9.75. The third kappa shape index (κ3) is 4.50. The molecule has 0 aliphatic heterocycles. The molecule has 1 saturated carbocycles. The van der Waals surface area contributed by atoms with Gasteiger partial charge in [-0.3, -0.25) is 0 Å². The van der Waals surface area contributed by atoms with Crippen molar-refractivity contribution in [3.8, 4) is 5.75 Å². The predicted octanol–water partition coefficient (Wildman–Crippen LogP) is 5.04. The fourth-order valence-corrected chi connectivity index (χ4v) is 5.97. The van der Waals surface area contributed by atoms with Crippen LogP contribution >= 0.6 is 17.7 Å². The van der Waals surface area contributed by atoms with Gasteiger partial charge in [0.15, 0.2) is 0 Å². The van der Waals surface area contributed by atoms with Crippen LogP contribution in [0.5, 0.6) is 5.75 Å². The number of hydrogen-bond donors (Lipinski definition) is 1. The number of methoxy groups -OCH3 is 1. The van der Waals surface area contributed by atoms with E-state index in [4.69, 9.17) is 33.3 Å². The van der Waals surface area contributed by atoms with Crippen molar-refractivity contribution in [1.29, 1.82) is 0 Å². The van der Waals surface area contributed by atoms with Gasteiger partial charge < -0.3 is 9.26 Å². The first-order chi connectivity index (χ1) is 10.3. The second-order valence-corrected chi connectivity index (χ2v) is 12.5. The molecule has 0 saturated heterocycles. The van der Waals surface area contributed by atoms with Gasteiger partial charge in [-0.05, 0) is 54.9 Å². The van der Waals surface area contributed by atoms with E-state index in [9.17, 15) is 0 Å². The smallest absolute Gasteiger partial charge is 0.145 e. The molecule has 1 aromatic rings. The molecule has 1 aliphatic carbocycles. The number of thiol groups is 1. The Balaban J connectivity index is 2.15. The maximum absolute atomic E-state index is 6.43. The summed E-state index contributed by atoms with van der Waals surface area (Å²) >= 11 is 10.5. The van der Waals surface area contributed by atoms with Crippen molar-refractivity contribution in [2.45, 2.75) is 46.1 Å². The van der Waals surface area contributed by atoms with Crippen molar-refractivity contribution in [3.63, 3.8) is 0 Å². The molecule has 22 heavy (non-hydrogen) atoms. The second-order valence-electron chi connectivity index (χ2n) is 6.69. The van der Waals surface area contributed by atoms with Crippen LogP contribution in [0.1, 0.15) is 40.0 Å². The summed E-state index contributed by atoms with van der Waals surface area (Å²) < 4.78 is 11.6. The Morgan fingerprint density at radius 1 is 1.23 bits per heavy atom. The highest BCUT2D eigenvalue weighted by Gasteiger charge is 2.34. The van der Waals surface area contributed by atoms with Crippen LogP contribution in [-0.2, 0) is 16.3 Å². The summed E-state index contributed by atoms with van der Waals surface area (Å²) in [4.78, 5) is 0. The van der Waals surface area contributed by atoms with Crippen LogP contribution in [0.15, 0.2) is 24.3 Å². The molecule has 4 atom stereocenters. The third-order valence-electron chi connectivity index (χ3n) is 4.64. The Kier molecular flexibility index (Phi) is 6.41. The molecule has 0 bridgehead atoms. The van der Waals surface area contributed by atoms with Crippen LogP contribution in [-0.4, -0.2) is 13.2 Å². The van der Waals surface area contributed by atoms with E-state index < -0.39 is 5.47 Å². The van der Waals surface area contributed by atoms with E-state index in [1.165, 1.54) is 12.8 Å². The molecule has 0 heterocycles. The summed E-state index contributed by atoms with van der Waals surface area (Å²) in [5, 5.41) is 1.01. The summed E-state index contributed by atoms with van der Waals surface area (Å²) in [6.45, 7) is 6.88. The van der Waals surface area contributed by atoms with Crippen molar-refractivity contribution in [2.75, 3.05) is 7.11 Å². The van der Waals surface area contributed by atoms with E-state index in [0.29, 0.717) is 17.8 Å². The topological polar surface area (TPSA) is 18.5 Å². The van der Waals surface area contributed by atoms with Gasteiger partial charge in [0.25, 0.3) is 0 Å². The molecule has 0 spiro atoms. The zero-order chi connectivity index (χ0) is 16.3. The minimum atomic E-state index is -2.28. The molecule has 2 rings (SSSR count). The lowest BCUT2D eigenvalue weighted by Crippen LogP contribution is -2.34. The SMILES string of the molecule is COc1ccc(P(=S)(S)O[C@@H]2C[C@H](C)CC[C@H]2C(C)C)cc1. The number of hydrogen-bond acceptors (Lipinski definition) is 3. The Labute approximate surface area is 145 Å². The van der Waals surface area contributed by atoms with Crippen LogP contribution in [0.25, 0.3) is 0 Å². The summed E-state index contributed by atoms with van der Waals surface area (Å²) in [6, 6.07) is 7.84. The molecule has 1 aliphatic rings. The fourth-order valence-electron chi connectivity index (χ4n) is 3.25. The molecule has 0 amide bonds. The van der Waals surface area contributed by atoms with Crippen LogP contribution in [0.2, 0.25) is 0 Å². The van der Waals surface area contributed by atoms with Gasteiger partial charge >= 0.3 is 0 Å². The van der Waals surface area contributed by atoms with Crippen LogP contribution in [0.4, 0.5) is 0 Å². The second kappa shape index (κ2) is 7.70. The first kappa shape index (κ1) is 18.3. The van der Waals surface area contributed by atoms with Crippen molar-refractivity contribution in [1.82, 2.24) is 0 Å². The lowest BCUT2D eigenvalue weighted by molar-refractivity contribution is 0.0581. The quantitative estimate of drug-likeness (QED) is 0.588. The van der Waals surface area contributed by atoms with Gasteiger partial charge in [-0.2, -0.15) is 0 Å². The highest BCUT2D eigenvalue weighted by molar-refractivity contribution is 8.64. The first-order valence-corrected chi connectivity index (χ1v) is 11.9. The van der Waals surface area contributed by atoms with Gasteiger partial charge in [-0.1, -0.05) is 39.0 Å². The Bertz CT molecular complexity index is 530. The van der Waals surface area contributed by atoms with E-state index >= 15 is 0 Å². The maximum atomic E-state index is 6.43. The third-order valence-corrected chi connectivity index (χ3v) is 8.01. The van der Waals surface area contributed by atoms with Crippen LogP contribution in [0, 0.1) is 17.8 Å². The molecule has 1 aromatic carbocycles. The molecule has 0 N–H and O–H groups in total. The van der Waals surface area contributed by atoms with Gasteiger partial charge in [0.2, 0.25) is 0 Å². The summed E-state index contributed by atoms with van der Waals surface area (Å²) in [7, 11) is 1.67. The van der Waals surface area contributed by atoms with Crippen molar-refractivity contribution < 1.29 is 9.26 Å². The zero-order valence-electron chi connectivity index (χ0n) is 13.9. The van der Waals surface area contributed by atoms with Gasteiger partial charge in [-0.25, -0.2) is 0 Å². The standard InChI is InChI=1S/C17H27O2PS2/c1-12(2)16-10-5-13(3)11-17(16)19-20(21,22)15-8-6-14(18-4)7-9-15/h6-9,12-13,16-17H,5,10-11H2,1-4H3,(H,21,22)/t13-,16+,17-/m1/s1. The minimum Gasteiger partial charge on any atom is -0.497 e. The summed E-state index contributed by atoms with van der Waals surface area (Å²) in [6.07, 6.45) is 3.85. The number of benzene rings is 1. The van der Waals surface area contributed by atoms with Crippen molar-refractivity contribution in [2.24, 2.45) is 17.8 Å². The van der Waals surface area contributed by atoms with Crippen molar-refractivity contribution >= 4 is 34.8 Å². The fraction of sp³-hybridized carbons (Fsp3) is 0.647. The van der Waals surface area contributed by atoms with Crippen LogP contribution in [0.3, 0.4) is 0 Å². The minimum absolute atomic E-state index is 0.231. The van der Waals surface area contributed by atoms with Gasteiger partial charge in [0.05, 0.1) is 13.2 Å². The zero-order valence-corrected chi connectivity index (χ0v) is 16.5. The number of rotatable bonds is 5.